The topological polar surface area (TPSA) is 35.0 Å². The lowest BCUT2D eigenvalue weighted by Gasteiger charge is -2.12. The second-order valence-corrected chi connectivity index (χ2v) is 4.66. The molecule has 0 fully saturated rings. The number of rotatable bonds is 3. The highest BCUT2D eigenvalue weighted by Crippen LogP contribution is 2.31. The second kappa shape index (κ2) is 5.67. The van der Waals surface area contributed by atoms with Crippen LogP contribution in [-0.4, -0.2) is 9.97 Å². The fourth-order valence-corrected chi connectivity index (χ4v) is 1.55. The summed E-state index contributed by atoms with van der Waals surface area (Å²) in [7, 11) is 0. The molecule has 21 heavy (non-hydrogen) atoms. The van der Waals surface area contributed by atoms with Crippen LogP contribution < -0.4 is 4.74 Å². The van der Waals surface area contributed by atoms with E-state index < -0.39 is 17.7 Å². The Labute approximate surface area is 118 Å². The summed E-state index contributed by atoms with van der Waals surface area (Å²) in [5.41, 5.74) is -1.09. The first-order valence-corrected chi connectivity index (χ1v) is 6.15. The molecular formula is C14H12F4N2O. The van der Waals surface area contributed by atoms with E-state index in [0.29, 0.717) is 6.07 Å². The van der Waals surface area contributed by atoms with E-state index >= 15 is 0 Å². The molecule has 0 saturated carbocycles. The van der Waals surface area contributed by atoms with Crippen LogP contribution in [0, 0.1) is 5.82 Å². The molecule has 0 unspecified atom stereocenters. The van der Waals surface area contributed by atoms with Gasteiger partial charge in [-0.15, -0.1) is 0 Å². The summed E-state index contributed by atoms with van der Waals surface area (Å²) in [6.45, 7) is 3.34. The Bertz CT molecular complexity index is 641. The average Bonchev–Trinajstić information content (AvgIpc) is 2.37. The number of benzene rings is 1. The van der Waals surface area contributed by atoms with Crippen molar-refractivity contribution < 1.29 is 22.3 Å². The lowest BCUT2D eigenvalue weighted by Crippen LogP contribution is -2.12. The number of ether oxygens (including phenoxy) is 1. The maximum atomic E-state index is 13.1. The van der Waals surface area contributed by atoms with Gasteiger partial charge >= 0.3 is 6.18 Å². The van der Waals surface area contributed by atoms with E-state index in [1.54, 1.807) is 13.8 Å². The summed E-state index contributed by atoms with van der Waals surface area (Å²) >= 11 is 0. The van der Waals surface area contributed by atoms with Gasteiger partial charge in [-0.1, -0.05) is 19.9 Å². The highest BCUT2D eigenvalue weighted by molar-refractivity contribution is 5.29. The van der Waals surface area contributed by atoms with Gasteiger partial charge in [-0.05, 0) is 12.1 Å². The van der Waals surface area contributed by atoms with E-state index in [1.807, 2.05) is 0 Å². The first-order chi connectivity index (χ1) is 9.75. The predicted molar refractivity (Wildman–Crippen MR) is 67.6 cm³/mol. The van der Waals surface area contributed by atoms with Gasteiger partial charge in [0.15, 0.2) is 5.69 Å². The first kappa shape index (κ1) is 15.2. The van der Waals surface area contributed by atoms with Crippen molar-refractivity contribution in [3.05, 3.63) is 47.7 Å². The molecule has 0 aliphatic heterocycles. The smallest absolute Gasteiger partial charge is 0.433 e. The van der Waals surface area contributed by atoms with Gasteiger partial charge in [0.25, 0.3) is 0 Å². The van der Waals surface area contributed by atoms with Crippen molar-refractivity contribution in [3.63, 3.8) is 0 Å². The number of alkyl halides is 3. The second-order valence-electron chi connectivity index (χ2n) is 4.66. The van der Waals surface area contributed by atoms with Crippen molar-refractivity contribution in [1.29, 1.82) is 0 Å². The third-order valence-corrected chi connectivity index (χ3v) is 2.55. The van der Waals surface area contributed by atoms with Crippen LogP contribution >= 0.6 is 0 Å². The summed E-state index contributed by atoms with van der Waals surface area (Å²) in [5, 5.41) is 0. The molecule has 3 nitrogen and oxygen atoms in total. The van der Waals surface area contributed by atoms with E-state index in [0.717, 1.165) is 6.07 Å². The van der Waals surface area contributed by atoms with Crippen LogP contribution in [0.4, 0.5) is 17.6 Å². The van der Waals surface area contributed by atoms with Crippen LogP contribution in [0.15, 0.2) is 30.3 Å². The van der Waals surface area contributed by atoms with Gasteiger partial charge < -0.3 is 4.74 Å². The van der Waals surface area contributed by atoms with Crippen molar-refractivity contribution in [2.75, 3.05) is 0 Å². The Morgan fingerprint density at radius 2 is 1.81 bits per heavy atom. The molecule has 0 N–H and O–H groups in total. The Morgan fingerprint density at radius 3 is 2.38 bits per heavy atom. The van der Waals surface area contributed by atoms with E-state index in [2.05, 4.69) is 9.97 Å². The normalized spacial score (nSPS) is 11.8. The monoisotopic (exact) mass is 300 g/mol. The molecule has 0 aliphatic carbocycles. The lowest BCUT2D eigenvalue weighted by atomic mass is 10.2. The molecule has 1 heterocycles. The molecule has 0 saturated heterocycles. The van der Waals surface area contributed by atoms with Crippen LogP contribution in [-0.2, 0) is 6.18 Å². The SMILES string of the molecule is CC(C)c1nc(Oc2cccc(F)c2)cc(C(F)(F)F)n1. The fourth-order valence-electron chi connectivity index (χ4n) is 1.55. The quantitative estimate of drug-likeness (QED) is 0.780. The van der Waals surface area contributed by atoms with E-state index in [9.17, 15) is 17.6 Å². The van der Waals surface area contributed by atoms with Gasteiger partial charge in [-0.2, -0.15) is 18.2 Å². The Morgan fingerprint density at radius 1 is 1.10 bits per heavy atom. The number of hydrogen-bond donors (Lipinski definition) is 0. The molecule has 0 spiro atoms. The molecule has 1 aromatic heterocycles. The van der Waals surface area contributed by atoms with E-state index in [1.165, 1.54) is 18.2 Å². The molecule has 7 heteroatoms. The summed E-state index contributed by atoms with van der Waals surface area (Å²) < 4.78 is 56.7. The highest BCUT2D eigenvalue weighted by Gasteiger charge is 2.34. The molecule has 0 radical (unpaired) electrons. The van der Waals surface area contributed by atoms with Gasteiger partial charge in [-0.25, -0.2) is 9.37 Å². The first-order valence-electron chi connectivity index (χ1n) is 6.15. The third kappa shape index (κ3) is 3.90. The Balaban J connectivity index is 2.41. The molecule has 1 aromatic carbocycles. The third-order valence-electron chi connectivity index (χ3n) is 2.55. The van der Waals surface area contributed by atoms with Crippen LogP contribution in [0.2, 0.25) is 0 Å². The molecule has 0 atom stereocenters. The summed E-state index contributed by atoms with van der Waals surface area (Å²) in [4.78, 5) is 7.39. The molecule has 112 valence electrons. The maximum Gasteiger partial charge on any atom is 0.433 e. The van der Waals surface area contributed by atoms with E-state index in [4.69, 9.17) is 4.74 Å². The molecular weight excluding hydrogens is 288 g/mol. The largest absolute Gasteiger partial charge is 0.439 e. The predicted octanol–water partition coefficient (Wildman–Crippen LogP) is 4.55. The zero-order chi connectivity index (χ0) is 15.6. The minimum Gasteiger partial charge on any atom is -0.439 e. The summed E-state index contributed by atoms with van der Waals surface area (Å²) in [5.74, 6) is -1.05. The molecule has 2 aromatic rings. The standard InChI is InChI=1S/C14H12F4N2O/c1-8(2)13-19-11(14(16,17)18)7-12(20-13)21-10-5-3-4-9(15)6-10/h3-8H,1-2H3. The highest BCUT2D eigenvalue weighted by atomic mass is 19.4. The number of aromatic nitrogens is 2. The molecule has 0 aliphatic rings. The number of halogens is 4. The van der Waals surface area contributed by atoms with Crippen molar-refractivity contribution in [2.24, 2.45) is 0 Å². The molecule has 2 rings (SSSR count). The lowest BCUT2D eigenvalue weighted by molar-refractivity contribution is -0.141. The summed E-state index contributed by atoms with van der Waals surface area (Å²) in [6, 6.07) is 5.77. The van der Waals surface area contributed by atoms with Gasteiger partial charge in [0.05, 0.1) is 0 Å². The summed E-state index contributed by atoms with van der Waals surface area (Å²) in [6.07, 6.45) is -4.60. The van der Waals surface area contributed by atoms with Crippen molar-refractivity contribution in [1.82, 2.24) is 9.97 Å². The van der Waals surface area contributed by atoms with E-state index in [-0.39, 0.29) is 23.4 Å². The van der Waals surface area contributed by atoms with Gasteiger partial charge in [0.1, 0.15) is 17.4 Å². The van der Waals surface area contributed by atoms with Crippen molar-refractivity contribution in [2.45, 2.75) is 25.9 Å². The van der Waals surface area contributed by atoms with Gasteiger partial charge in [0.2, 0.25) is 5.88 Å². The molecule has 0 bridgehead atoms. The minimum atomic E-state index is -4.60. The maximum absolute atomic E-state index is 13.1. The zero-order valence-electron chi connectivity index (χ0n) is 11.3. The van der Waals surface area contributed by atoms with Gasteiger partial charge in [0, 0.05) is 18.1 Å². The van der Waals surface area contributed by atoms with Crippen molar-refractivity contribution in [3.8, 4) is 11.6 Å². The fraction of sp³-hybridized carbons (Fsp3) is 0.286. The number of nitrogens with zero attached hydrogens (tertiary/aromatic N) is 2. The Kier molecular flexibility index (Phi) is 4.11. The molecule has 0 amide bonds. The van der Waals surface area contributed by atoms with Crippen LogP contribution in [0.25, 0.3) is 0 Å². The Hall–Kier alpha value is -2.18. The van der Waals surface area contributed by atoms with Crippen LogP contribution in [0.3, 0.4) is 0 Å². The van der Waals surface area contributed by atoms with Crippen LogP contribution in [0.1, 0.15) is 31.3 Å². The van der Waals surface area contributed by atoms with Crippen molar-refractivity contribution >= 4 is 0 Å². The minimum absolute atomic E-state index is 0.0104. The zero-order valence-corrected chi connectivity index (χ0v) is 11.3. The van der Waals surface area contributed by atoms with Gasteiger partial charge in [-0.3, -0.25) is 0 Å². The average molecular weight is 300 g/mol. The number of hydrogen-bond acceptors (Lipinski definition) is 3. The van der Waals surface area contributed by atoms with Crippen LogP contribution in [0.5, 0.6) is 11.6 Å².